The van der Waals surface area contributed by atoms with Crippen LogP contribution in [0.4, 0.5) is 0 Å². The lowest BCUT2D eigenvalue weighted by atomic mass is 10.2. The first-order valence-electron chi connectivity index (χ1n) is 5.13. The van der Waals surface area contributed by atoms with Crippen molar-refractivity contribution in [1.82, 2.24) is 14.5 Å². The summed E-state index contributed by atoms with van der Waals surface area (Å²) in [4.78, 5) is 18.5. The Hall–Kier alpha value is -1.33. The number of hydrogen-bond acceptors (Lipinski definition) is 3. The molecule has 5 nitrogen and oxygen atoms in total. The van der Waals surface area contributed by atoms with E-state index in [4.69, 9.17) is 17.3 Å². The van der Waals surface area contributed by atoms with Crippen LogP contribution in [0.2, 0.25) is 5.02 Å². The molecule has 0 radical (unpaired) electrons. The SMILES string of the molecule is CC[C@H](CN)n1c(=O)[nH]c2ncc(Cl)cc21. The van der Waals surface area contributed by atoms with E-state index in [9.17, 15) is 4.79 Å². The van der Waals surface area contributed by atoms with Crippen molar-refractivity contribution in [1.29, 1.82) is 0 Å². The van der Waals surface area contributed by atoms with E-state index in [1.54, 1.807) is 10.6 Å². The molecule has 0 spiro atoms. The summed E-state index contributed by atoms with van der Waals surface area (Å²) >= 11 is 5.87. The maximum Gasteiger partial charge on any atom is 0.327 e. The van der Waals surface area contributed by atoms with Crippen molar-refractivity contribution < 1.29 is 0 Å². The van der Waals surface area contributed by atoms with E-state index in [0.717, 1.165) is 6.42 Å². The molecular weight excluding hydrogens is 228 g/mol. The molecule has 0 saturated heterocycles. The minimum Gasteiger partial charge on any atom is -0.328 e. The van der Waals surface area contributed by atoms with Crippen LogP contribution in [0.1, 0.15) is 19.4 Å². The van der Waals surface area contributed by atoms with E-state index in [1.807, 2.05) is 6.92 Å². The van der Waals surface area contributed by atoms with Gasteiger partial charge in [-0.1, -0.05) is 18.5 Å². The quantitative estimate of drug-likeness (QED) is 0.849. The van der Waals surface area contributed by atoms with Crippen molar-refractivity contribution in [2.75, 3.05) is 6.54 Å². The first-order valence-corrected chi connectivity index (χ1v) is 5.51. The van der Waals surface area contributed by atoms with Gasteiger partial charge in [0, 0.05) is 12.7 Å². The van der Waals surface area contributed by atoms with Crippen LogP contribution in [0, 0.1) is 0 Å². The molecule has 1 atom stereocenters. The highest BCUT2D eigenvalue weighted by molar-refractivity contribution is 6.31. The number of rotatable bonds is 3. The molecule has 0 unspecified atom stereocenters. The van der Waals surface area contributed by atoms with Crippen LogP contribution in [0.15, 0.2) is 17.1 Å². The molecule has 16 heavy (non-hydrogen) atoms. The lowest BCUT2D eigenvalue weighted by molar-refractivity contribution is 0.496. The standard InChI is InChI=1S/C10H13ClN4O/c1-2-7(4-12)15-8-3-6(11)5-13-9(8)14-10(15)16/h3,5,7H,2,4,12H2,1H3,(H,13,14,16)/t7-/m1/s1. The minimum absolute atomic E-state index is 0.0264. The molecule has 0 aliphatic heterocycles. The van der Waals surface area contributed by atoms with Gasteiger partial charge in [0.2, 0.25) is 0 Å². The third kappa shape index (κ3) is 1.72. The summed E-state index contributed by atoms with van der Waals surface area (Å²) < 4.78 is 1.62. The highest BCUT2D eigenvalue weighted by Crippen LogP contribution is 2.18. The van der Waals surface area contributed by atoms with Gasteiger partial charge in [-0.2, -0.15) is 0 Å². The molecule has 0 saturated carbocycles. The third-order valence-electron chi connectivity index (χ3n) is 2.65. The molecule has 0 fully saturated rings. The van der Waals surface area contributed by atoms with E-state index in [-0.39, 0.29) is 11.7 Å². The van der Waals surface area contributed by atoms with Crippen molar-refractivity contribution in [3.8, 4) is 0 Å². The second-order valence-electron chi connectivity index (χ2n) is 3.62. The Morgan fingerprint density at radius 2 is 2.44 bits per heavy atom. The molecule has 2 heterocycles. The Bertz CT molecular complexity index is 555. The Morgan fingerprint density at radius 3 is 3.06 bits per heavy atom. The fourth-order valence-electron chi connectivity index (χ4n) is 1.80. The maximum atomic E-state index is 11.8. The van der Waals surface area contributed by atoms with Gasteiger partial charge in [0.15, 0.2) is 5.65 Å². The Balaban J connectivity index is 2.71. The van der Waals surface area contributed by atoms with Crippen molar-refractivity contribution >= 4 is 22.8 Å². The number of pyridine rings is 1. The van der Waals surface area contributed by atoms with Crippen LogP contribution in [0.3, 0.4) is 0 Å². The van der Waals surface area contributed by atoms with E-state index in [0.29, 0.717) is 22.7 Å². The van der Waals surface area contributed by atoms with Crippen molar-refractivity contribution in [3.63, 3.8) is 0 Å². The molecule has 0 aliphatic carbocycles. The number of nitrogens with zero attached hydrogens (tertiary/aromatic N) is 2. The van der Waals surface area contributed by atoms with Crippen LogP contribution in [-0.2, 0) is 0 Å². The van der Waals surface area contributed by atoms with Crippen molar-refractivity contribution in [2.24, 2.45) is 5.73 Å². The van der Waals surface area contributed by atoms with Gasteiger partial charge in [-0.05, 0) is 12.5 Å². The molecule has 2 rings (SSSR count). The van der Waals surface area contributed by atoms with Crippen LogP contribution in [0.5, 0.6) is 0 Å². The molecule has 0 amide bonds. The molecule has 6 heteroatoms. The Kier molecular flexibility index (Phi) is 2.98. The van der Waals surface area contributed by atoms with Crippen LogP contribution >= 0.6 is 11.6 Å². The lowest BCUT2D eigenvalue weighted by Crippen LogP contribution is -2.27. The van der Waals surface area contributed by atoms with Crippen LogP contribution < -0.4 is 11.4 Å². The smallest absolute Gasteiger partial charge is 0.327 e. The summed E-state index contributed by atoms with van der Waals surface area (Å²) in [7, 11) is 0. The zero-order valence-electron chi connectivity index (χ0n) is 8.90. The molecule has 2 aromatic rings. The van der Waals surface area contributed by atoms with Crippen molar-refractivity contribution in [3.05, 3.63) is 27.8 Å². The monoisotopic (exact) mass is 240 g/mol. The van der Waals surface area contributed by atoms with Crippen LogP contribution in [-0.4, -0.2) is 21.1 Å². The molecule has 3 N–H and O–H groups in total. The Labute approximate surface area is 97.2 Å². The molecule has 0 aromatic carbocycles. The number of nitrogens with one attached hydrogen (secondary N) is 1. The minimum atomic E-state index is -0.193. The zero-order valence-corrected chi connectivity index (χ0v) is 9.66. The molecular formula is C10H13ClN4O. The van der Waals surface area contributed by atoms with Crippen molar-refractivity contribution in [2.45, 2.75) is 19.4 Å². The van der Waals surface area contributed by atoms with E-state index in [1.165, 1.54) is 6.20 Å². The second-order valence-corrected chi connectivity index (χ2v) is 4.06. The molecule has 0 bridgehead atoms. The summed E-state index contributed by atoms with van der Waals surface area (Å²) in [5.41, 5.74) is 6.70. The number of aromatic amines is 1. The first kappa shape index (κ1) is 11.2. The number of H-pyrrole nitrogens is 1. The summed E-state index contributed by atoms with van der Waals surface area (Å²) in [6.07, 6.45) is 2.30. The number of hydrogen-bond donors (Lipinski definition) is 2. The zero-order chi connectivity index (χ0) is 11.7. The number of fused-ring (bicyclic) bond motifs is 1. The predicted molar refractivity (Wildman–Crippen MR) is 63.7 cm³/mol. The number of nitrogens with two attached hydrogens (primary N) is 1. The second kappa shape index (κ2) is 4.27. The van der Waals surface area contributed by atoms with Gasteiger partial charge in [0.05, 0.1) is 16.6 Å². The Morgan fingerprint density at radius 1 is 1.69 bits per heavy atom. The summed E-state index contributed by atoms with van der Waals surface area (Å²) in [6, 6.07) is 1.70. The maximum absolute atomic E-state index is 11.8. The first-order chi connectivity index (χ1) is 7.67. The third-order valence-corrected chi connectivity index (χ3v) is 2.85. The van der Waals surface area contributed by atoms with Gasteiger partial charge in [-0.25, -0.2) is 9.78 Å². The predicted octanol–water partition coefficient (Wildman–Crippen LogP) is 1.29. The number of aromatic nitrogens is 3. The number of imidazole rings is 1. The van der Waals surface area contributed by atoms with E-state index >= 15 is 0 Å². The fraction of sp³-hybridized carbons (Fsp3) is 0.400. The van der Waals surface area contributed by atoms with Gasteiger partial charge in [-0.15, -0.1) is 0 Å². The molecule has 86 valence electrons. The molecule has 2 aromatic heterocycles. The van der Waals surface area contributed by atoms with E-state index in [2.05, 4.69) is 9.97 Å². The fourth-order valence-corrected chi connectivity index (χ4v) is 1.95. The summed E-state index contributed by atoms with van der Waals surface area (Å²) in [5.74, 6) is 0. The summed E-state index contributed by atoms with van der Waals surface area (Å²) in [5, 5.41) is 0.507. The van der Waals surface area contributed by atoms with Gasteiger partial charge in [0.25, 0.3) is 0 Å². The number of halogens is 1. The van der Waals surface area contributed by atoms with Gasteiger partial charge in [-0.3, -0.25) is 9.55 Å². The van der Waals surface area contributed by atoms with Gasteiger partial charge >= 0.3 is 5.69 Å². The average molecular weight is 241 g/mol. The largest absolute Gasteiger partial charge is 0.328 e. The highest BCUT2D eigenvalue weighted by Gasteiger charge is 2.14. The average Bonchev–Trinajstić information content (AvgIpc) is 2.58. The van der Waals surface area contributed by atoms with Crippen LogP contribution in [0.25, 0.3) is 11.2 Å². The normalized spacial score (nSPS) is 13.2. The molecule has 0 aliphatic rings. The summed E-state index contributed by atoms with van der Waals surface area (Å²) in [6.45, 7) is 2.40. The van der Waals surface area contributed by atoms with Gasteiger partial charge in [0.1, 0.15) is 0 Å². The van der Waals surface area contributed by atoms with Gasteiger partial charge < -0.3 is 5.73 Å². The topological polar surface area (TPSA) is 76.7 Å². The lowest BCUT2D eigenvalue weighted by Gasteiger charge is -2.13. The van der Waals surface area contributed by atoms with E-state index < -0.39 is 0 Å². The highest BCUT2D eigenvalue weighted by atomic mass is 35.5.